The molecule has 0 saturated heterocycles. The Morgan fingerprint density at radius 1 is 0.962 bits per heavy atom. The Kier molecular flexibility index (Phi) is 3.56. The molecule has 0 unspecified atom stereocenters. The SMILES string of the molecule is O=Cc1ccc(-c2ccc(NC(=O)C34CC5CC(CC(C5)C3)C4)cc2)o1. The second-order valence-corrected chi connectivity index (χ2v) is 8.55. The lowest BCUT2D eigenvalue weighted by Gasteiger charge is -2.55. The smallest absolute Gasteiger partial charge is 0.230 e. The number of aldehydes is 1. The Morgan fingerprint density at radius 2 is 1.58 bits per heavy atom. The molecule has 1 amide bonds. The number of benzene rings is 1. The fourth-order valence-electron chi connectivity index (χ4n) is 5.94. The first kappa shape index (κ1) is 15.9. The van der Waals surface area contributed by atoms with E-state index >= 15 is 0 Å². The van der Waals surface area contributed by atoms with Gasteiger partial charge in [0.2, 0.25) is 5.91 Å². The predicted molar refractivity (Wildman–Crippen MR) is 98.8 cm³/mol. The van der Waals surface area contributed by atoms with Crippen LogP contribution >= 0.6 is 0 Å². The van der Waals surface area contributed by atoms with Crippen molar-refractivity contribution in [2.75, 3.05) is 5.32 Å². The van der Waals surface area contributed by atoms with Crippen molar-refractivity contribution in [1.82, 2.24) is 0 Å². The molecule has 4 aliphatic carbocycles. The van der Waals surface area contributed by atoms with Gasteiger partial charge in [-0.15, -0.1) is 0 Å². The average Bonchev–Trinajstić information content (AvgIpc) is 3.10. The Balaban J connectivity index is 1.32. The summed E-state index contributed by atoms with van der Waals surface area (Å²) >= 11 is 0. The van der Waals surface area contributed by atoms with Crippen molar-refractivity contribution in [3.8, 4) is 11.3 Å². The zero-order chi connectivity index (χ0) is 17.7. The Hall–Kier alpha value is -2.36. The lowest BCUT2D eigenvalue weighted by Crippen LogP contribution is -2.51. The number of nitrogens with one attached hydrogen (secondary N) is 1. The second kappa shape index (κ2) is 5.83. The van der Waals surface area contributed by atoms with Gasteiger partial charge in [-0.2, -0.15) is 0 Å². The summed E-state index contributed by atoms with van der Waals surface area (Å²) in [4.78, 5) is 23.8. The van der Waals surface area contributed by atoms with Gasteiger partial charge in [-0.25, -0.2) is 0 Å². The third-order valence-corrected chi connectivity index (χ3v) is 6.69. The highest BCUT2D eigenvalue weighted by molar-refractivity contribution is 5.95. The van der Waals surface area contributed by atoms with Crippen LogP contribution in [0.2, 0.25) is 0 Å². The number of furan rings is 1. The van der Waals surface area contributed by atoms with Gasteiger partial charge in [0.05, 0.1) is 5.41 Å². The van der Waals surface area contributed by atoms with Gasteiger partial charge in [-0.3, -0.25) is 9.59 Å². The number of carbonyl (C=O) groups is 2. The molecule has 4 aliphatic rings. The molecule has 4 nitrogen and oxygen atoms in total. The molecule has 4 fully saturated rings. The van der Waals surface area contributed by atoms with Crippen LogP contribution in [-0.2, 0) is 4.79 Å². The molecule has 4 heteroatoms. The third-order valence-electron chi connectivity index (χ3n) is 6.69. The van der Waals surface area contributed by atoms with Crippen molar-refractivity contribution in [3.05, 3.63) is 42.2 Å². The molecule has 26 heavy (non-hydrogen) atoms. The van der Waals surface area contributed by atoms with Crippen LogP contribution < -0.4 is 5.32 Å². The maximum absolute atomic E-state index is 13.1. The van der Waals surface area contributed by atoms with Crippen molar-refractivity contribution in [1.29, 1.82) is 0 Å². The fraction of sp³-hybridized carbons (Fsp3) is 0.455. The summed E-state index contributed by atoms with van der Waals surface area (Å²) in [6, 6.07) is 11.1. The molecule has 0 radical (unpaired) electrons. The molecule has 1 heterocycles. The molecule has 1 N–H and O–H groups in total. The van der Waals surface area contributed by atoms with Gasteiger partial charge >= 0.3 is 0 Å². The van der Waals surface area contributed by atoms with E-state index in [0.29, 0.717) is 17.8 Å². The summed E-state index contributed by atoms with van der Waals surface area (Å²) in [5.41, 5.74) is 1.59. The van der Waals surface area contributed by atoms with Crippen LogP contribution in [0.15, 0.2) is 40.8 Å². The Morgan fingerprint density at radius 3 is 2.12 bits per heavy atom. The number of amides is 1. The summed E-state index contributed by atoms with van der Waals surface area (Å²) in [5, 5.41) is 3.17. The molecule has 0 atom stereocenters. The monoisotopic (exact) mass is 349 g/mol. The normalized spacial score (nSPS) is 31.8. The van der Waals surface area contributed by atoms with Gasteiger partial charge in [0.25, 0.3) is 0 Å². The van der Waals surface area contributed by atoms with Crippen molar-refractivity contribution < 1.29 is 14.0 Å². The van der Waals surface area contributed by atoms with Crippen molar-refractivity contribution >= 4 is 17.9 Å². The minimum atomic E-state index is -0.132. The van der Waals surface area contributed by atoms with Gasteiger partial charge in [-0.05, 0) is 92.7 Å². The molecule has 1 aromatic heterocycles. The lowest BCUT2D eigenvalue weighted by molar-refractivity contribution is -0.140. The molecule has 2 aromatic rings. The van der Waals surface area contributed by atoms with Crippen molar-refractivity contribution in [2.45, 2.75) is 38.5 Å². The largest absolute Gasteiger partial charge is 0.453 e. The fourth-order valence-corrected chi connectivity index (χ4v) is 5.94. The van der Waals surface area contributed by atoms with Crippen molar-refractivity contribution in [2.24, 2.45) is 23.2 Å². The molecule has 4 saturated carbocycles. The van der Waals surface area contributed by atoms with E-state index in [4.69, 9.17) is 4.42 Å². The van der Waals surface area contributed by atoms with Crippen LogP contribution in [0, 0.1) is 23.2 Å². The predicted octanol–water partition coefficient (Wildman–Crippen LogP) is 4.91. The summed E-state index contributed by atoms with van der Waals surface area (Å²) in [7, 11) is 0. The molecular formula is C22H23NO3. The first-order valence-corrected chi connectivity index (χ1v) is 9.60. The highest BCUT2D eigenvalue weighted by Crippen LogP contribution is 2.60. The number of hydrogen-bond donors (Lipinski definition) is 1. The maximum Gasteiger partial charge on any atom is 0.230 e. The quantitative estimate of drug-likeness (QED) is 0.798. The standard InChI is InChI=1S/C22H23NO3/c24-13-19-5-6-20(26-19)17-1-3-18(4-2-17)23-21(25)22-10-14-7-15(11-22)9-16(8-14)12-22/h1-6,13-16H,7-12H2,(H,23,25). The highest BCUT2D eigenvalue weighted by atomic mass is 16.3. The molecule has 1 aromatic carbocycles. The van der Waals surface area contributed by atoms with Gasteiger partial charge in [0.1, 0.15) is 5.76 Å². The number of rotatable bonds is 4. The maximum atomic E-state index is 13.1. The molecule has 6 rings (SSSR count). The van der Waals surface area contributed by atoms with Gasteiger partial charge in [0.15, 0.2) is 12.0 Å². The van der Waals surface area contributed by atoms with E-state index in [1.165, 1.54) is 19.3 Å². The van der Waals surface area contributed by atoms with Crippen LogP contribution in [0.25, 0.3) is 11.3 Å². The zero-order valence-corrected chi connectivity index (χ0v) is 14.7. The van der Waals surface area contributed by atoms with E-state index in [2.05, 4.69) is 5.32 Å². The van der Waals surface area contributed by atoms with E-state index in [1.807, 2.05) is 24.3 Å². The van der Waals surface area contributed by atoms with E-state index in [9.17, 15) is 9.59 Å². The van der Waals surface area contributed by atoms with E-state index < -0.39 is 0 Å². The first-order chi connectivity index (χ1) is 12.6. The Bertz CT molecular complexity index is 813. The second-order valence-electron chi connectivity index (χ2n) is 8.55. The van der Waals surface area contributed by atoms with Crippen LogP contribution in [0.5, 0.6) is 0 Å². The van der Waals surface area contributed by atoms with E-state index in [1.54, 1.807) is 12.1 Å². The molecule has 0 aliphatic heterocycles. The summed E-state index contributed by atoms with van der Waals surface area (Å²) in [5.74, 6) is 3.48. The van der Waals surface area contributed by atoms with Gasteiger partial charge < -0.3 is 9.73 Å². The number of hydrogen-bond acceptors (Lipinski definition) is 3. The van der Waals surface area contributed by atoms with E-state index in [-0.39, 0.29) is 11.3 Å². The average molecular weight is 349 g/mol. The molecular weight excluding hydrogens is 326 g/mol. The summed E-state index contributed by atoms with van der Waals surface area (Å²) in [6.07, 6.45) is 7.94. The Labute approximate surface area is 153 Å². The lowest BCUT2D eigenvalue weighted by atomic mass is 9.49. The molecule has 134 valence electrons. The van der Waals surface area contributed by atoms with Crippen LogP contribution in [-0.4, -0.2) is 12.2 Å². The van der Waals surface area contributed by atoms with Gasteiger partial charge in [-0.1, -0.05) is 0 Å². The summed E-state index contributed by atoms with van der Waals surface area (Å²) in [6.45, 7) is 0. The number of anilines is 1. The van der Waals surface area contributed by atoms with Gasteiger partial charge in [0, 0.05) is 11.3 Å². The number of carbonyl (C=O) groups excluding carboxylic acids is 2. The molecule has 0 spiro atoms. The zero-order valence-electron chi connectivity index (χ0n) is 14.7. The van der Waals surface area contributed by atoms with Crippen LogP contribution in [0.4, 0.5) is 5.69 Å². The minimum absolute atomic E-state index is 0.132. The summed E-state index contributed by atoms with van der Waals surface area (Å²) < 4.78 is 5.45. The minimum Gasteiger partial charge on any atom is -0.453 e. The third kappa shape index (κ3) is 2.59. The van der Waals surface area contributed by atoms with Crippen LogP contribution in [0.3, 0.4) is 0 Å². The first-order valence-electron chi connectivity index (χ1n) is 9.60. The topological polar surface area (TPSA) is 59.3 Å². The highest BCUT2D eigenvalue weighted by Gasteiger charge is 2.54. The molecule has 4 bridgehead atoms. The van der Waals surface area contributed by atoms with Crippen LogP contribution in [0.1, 0.15) is 49.1 Å². The van der Waals surface area contributed by atoms with E-state index in [0.717, 1.165) is 48.3 Å². The van der Waals surface area contributed by atoms with Crippen molar-refractivity contribution in [3.63, 3.8) is 0 Å².